The van der Waals surface area contributed by atoms with Crippen molar-refractivity contribution in [2.75, 3.05) is 19.3 Å². The minimum atomic E-state index is -0.698. The highest BCUT2D eigenvalue weighted by molar-refractivity contribution is 7.19. The Morgan fingerprint density at radius 2 is 1.97 bits per heavy atom. The molecule has 2 aromatic heterocycles. The summed E-state index contributed by atoms with van der Waals surface area (Å²) in [6.07, 6.45) is 0.859. The van der Waals surface area contributed by atoms with E-state index in [0.29, 0.717) is 23.5 Å². The highest BCUT2D eigenvalue weighted by Crippen LogP contribution is 2.30. The molecule has 36 heavy (non-hydrogen) atoms. The first-order valence-corrected chi connectivity index (χ1v) is 12.3. The highest BCUT2D eigenvalue weighted by atomic mass is 32.1. The minimum Gasteiger partial charge on any atom is -0.399 e. The lowest BCUT2D eigenvalue weighted by molar-refractivity contribution is 0.0949. The molecule has 0 saturated carbocycles. The summed E-state index contributed by atoms with van der Waals surface area (Å²) in [5, 5.41) is 13.4. The van der Waals surface area contributed by atoms with E-state index < -0.39 is 12.0 Å². The molecule has 7 nitrogen and oxygen atoms in total. The van der Waals surface area contributed by atoms with Crippen LogP contribution in [0.3, 0.4) is 0 Å². The Bertz CT molecular complexity index is 1460. The maximum atomic E-state index is 13.2. The lowest BCUT2D eigenvalue weighted by atomic mass is 10.1. The summed E-state index contributed by atoms with van der Waals surface area (Å²) in [6, 6.07) is 13.0. The molecule has 0 radical (unpaired) electrons. The van der Waals surface area contributed by atoms with Crippen molar-refractivity contribution in [2.24, 2.45) is 7.05 Å². The first kappa shape index (κ1) is 25.6. The van der Waals surface area contributed by atoms with Gasteiger partial charge in [0, 0.05) is 43.4 Å². The fourth-order valence-corrected chi connectivity index (χ4v) is 5.61. The van der Waals surface area contributed by atoms with Crippen LogP contribution in [0.2, 0.25) is 0 Å². The number of thiophene rings is 1. The SMILES string of the molecule is Cc1c(CN(C)CC(O)c2cccc(N)c2)sc2c(=O)c(C(=O)NCc3ccc(F)cc3)cn(C)c12. The van der Waals surface area contributed by atoms with Crippen LogP contribution in [0.1, 0.15) is 38.0 Å². The number of likely N-dealkylation sites (N-methyl/N-ethyl adjacent to an activating group) is 1. The monoisotopic (exact) mass is 508 g/mol. The molecule has 1 amide bonds. The first-order chi connectivity index (χ1) is 17.1. The highest BCUT2D eigenvalue weighted by Gasteiger charge is 2.21. The number of aliphatic hydroxyl groups excluding tert-OH is 1. The van der Waals surface area contributed by atoms with Crippen LogP contribution >= 0.6 is 11.3 Å². The molecule has 0 saturated heterocycles. The number of nitrogens with one attached hydrogen (secondary N) is 1. The standard InChI is InChI=1S/C27H29FN4O3S/c1-16-23(15-31(2)14-22(33)18-5-4-6-20(29)11-18)36-26-24(16)32(3)13-21(25(26)34)27(35)30-12-17-7-9-19(28)10-8-17/h4-11,13,22,33H,12,14-15,29H2,1-3H3,(H,30,35). The van der Waals surface area contributed by atoms with Gasteiger partial charge in [-0.2, -0.15) is 0 Å². The molecule has 2 heterocycles. The molecule has 1 atom stereocenters. The van der Waals surface area contributed by atoms with Crippen molar-refractivity contribution in [3.05, 3.63) is 97.9 Å². The number of hydrogen-bond donors (Lipinski definition) is 3. The number of fused-ring (bicyclic) bond motifs is 1. The number of carbonyl (C=O) groups excluding carboxylic acids is 1. The number of hydrogen-bond acceptors (Lipinski definition) is 6. The van der Waals surface area contributed by atoms with Crippen LogP contribution in [0.15, 0.2) is 59.5 Å². The average molecular weight is 509 g/mol. The van der Waals surface area contributed by atoms with Crippen molar-refractivity contribution >= 4 is 33.1 Å². The van der Waals surface area contributed by atoms with Crippen molar-refractivity contribution in [1.29, 1.82) is 0 Å². The fraction of sp³-hybridized carbons (Fsp3) is 0.259. The number of halogens is 1. The number of amides is 1. The Morgan fingerprint density at radius 1 is 1.25 bits per heavy atom. The van der Waals surface area contributed by atoms with E-state index in [9.17, 15) is 19.1 Å². The maximum Gasteiger partial charge on any atom is 0.257 e. The summed E-state index contributed by atoms with van der Waals surface area (Å²) in [7, 11) is 3.72. The summed E-state index contributed by atoms with van der Waals surface area (Å²) >= 11 is 1.37. The van der Waals surface area contributed by atoms with E-state index >= 15 is 0 Å². The van der Waals surface area contributed by atoms with E-state index in [2.05, 4.69) is 5.32 Å². The van der Waals surface area contributed by atoms with Crippen LogP contribution in [0, 0.1) is 12.7 Å². The quantitative estimate of drug-likeness (QED) is 0.315. The lowest BCUT2D eigenvalue weighted by Gasteiger charge is -2.20. The molecule has 0 aliphatic rings. The van der Waals surface area contributed by atoms with Gasteiger partial charge in [-0.3, -0.25) is 14.5 Å². The maximum absolute atomic E-state index is 13.2. The Morgan fingerprint density at radius 3 is 2.67 bits per heavy atom. The van der Waals surface area contributed by atoms with Crippen LogP contribution in [-0.2, 0) is 20.1 Å². The van der Waals surface area contributed by atoms with Crippen LogP contribution in [0.5, 0.6) is 0 Å². The van der Waals surface area contributed by atoms with Crippen molar-refractivity contribution in [2.45, 2.75) is 26.1 Å². The number of nitrogens with two attached hydrogens (primary N) is 1. The molecule has 0 spiro atoms. The van der Waals surface area contributed by atoms with Gasteiger partial charge in [0.2, 0.25) is 5.43 Å². The number of carbonyl (C=O) groups is 1. The van der Waals surface area contributed by atoms with E-state index in [1.807, 2.05) is 38.1 Å². The molecule has 4 rings (SSSR count). The van der Waals surface area contributed by atoms with Gasteiger partial charge in [0.15, 0.2) is 0 Å². The third-order valence-corrected chi connectivity index (χ3v) is 7.41. The fourth-order valence-electron chi connectivity index (χ4n) is 4.24. The van der Waals surface area contributed by atoms with Crippen molar-refractivity contribution in [1.82, 2.24) is 14.8 Å². The molecule has 1 unspecified atom stereocenters. The van der Waals surface area contributed by atoms with Crippen LogP contribution in [0.4, 0.5) is 10.1 Å². The van der Waals surface area contributed by atoms with Gasteiger partial charge in [-0.1, -0.05) is 24.3 Å². The molecule has 0 aliphatic carbocycles. The van der Waals surface area contributed by atoms with Gasteiger partial charge in [0.25, 0.3) is 5.91 Å². The lowest BCUT2D eigenvalue weighted by Crippen LogP contribution is -2.29. The number of benzene rings is 2. The van der Waals surface area contributed by atoms with Gasteiger partial charge < -0.3 is 20.7 Å². The molecule has 0 fully saturated rings. The number of aryl methyl sites for hydroxylation is 2. The summed E-state index contributed by atoms with van der Waals surface area (Å²) in [6.45, 7) is 3.08. The van der Waals surface area contributed by atoms with Gasteiger partial charge in [-0.05, 0) is 54.9 Å². The smallest absolute Gasteiger partial charge is 0.257 e. The predicted octanol–water partition coefficient (Wildman–Crippen LogP) is 3.73. The number of aliphatic hydroxyl groups is 1. The number of nitrogen functional groups attached to an aromatic ring is 1. The molecule has 188 valence electrons. The molecule has 0 aliphatic heterocycles. The summed E-state index contributed by atoms with van der Waals surface area (Å²) in [4.78, 5) is 29.0. The van der Waals surface area contributed by atoms with E-state index in [1.165, 1.54) is 23.5 Å². The number of nitrogens with zero attached hydrogens (tertiary/aromatic N) is 2. The topological polar surface area (TPSA) is 101 Å². The molecule has 4 N–H and O–H groups in total. The number of anilines is 1. The summed E-state index contributed by atoms with van der Waals surface area (Å²) in [5.74, 6) is -0.824. The predicted molar refractivity (Wildman–Crippen MR) is 142 cm³/mol. The Kier molecular flexibility index (Phi) is 7.53. The Balaban J connectivity index is 1.52. The molecule has 2 aromatic carbocycles. The van der Waals surface area contributed by atoms with Crippen LogP contribution in [0.25, 0.3) is 10.2 Å². The van der Waals surface area contributed by atoms with E-state index in [-0.39, 0.29) is 23.4 Å². The van der Waals surface area contributed by atoms with Gasteiger partial charge in [0.05, 0.1) is 16.3 Å². The Hall–Kier alpha value is -3.53. The van der Waals surface area contributed by atoms with Gasteiger partial charge in [0.1, 0.15) is 11.4 Å². The molecule has 4 aromatic rings. The zero-order valence-corrected chi connectivity index (χ0v) is 21.2. The summed E-state index contributed by atoms with van der Waals surface area (Å²) < 4.78 is 15.4. The average Bonchev–Trinajstić information content (AvgIpc) is 3.17. The zero-order chi connectivity index (χ0) is 26.0. The largest absolute Gasteiger partial charge is 0.399 e. The molecule has 9 heteroatoms. The van der Waals surface area contributed by atoms with Gasteiger partial charge in [-0.25, -0.2) is 4.39 Å². The van der Waals surface area contributed by atoms with E-state index in [4.69, 9.17) is 5.73 Å². The molecular formula is C27H29FN4O3S. The Labute approximate surface area is 212 Å². The van der Waals surface area contributed by atoms with Crippen molar-refractivity contribution in [3.8, 4) is 0 Å². The van der Waals surface area contributed by atoms with Crippen LogP contribution < -0.4 is 16.5 Å². The minimum absolute atomic E-state index is 0.0605. The van der Waals surface area contributed by atoms with E-state index in [0.717, 1.165) is 27.1 Å². The number of aromatic nitrogens is 1. The summed E-state index contributed by atoms with van der Waals surface area (Å²) in [5.41, 5.74) is 9.42. The second kappa shape index (κ2) is 10.6. The number of rotatable bonds is 8. The first-order valence-electron chi connectivity index (χ1n) is 11.5. The van der Waals surface area contributed by atoms with Gasteiger partial charge in [-0.15, -0.1) is 11.3 Å². The van der Waals surface area contributed by atoms with Gasteiger partial charge >= 0.3 is 0 Å². The second-order valence-electron chi connectivity index (χ2n) is 9.00. The molecule has 0 bridgehead atoms. The third kappa shape index (κ3) is 5.48. The number of pyridine rings is 1. The van der Waals surface area contributed by atoms with Crippen molar-refractivity contribution in [3.63, 3.8) is 0 Å². The second-order valence-corrected chi connectivity index (χ2v) is 10.1. The van der Waals surface area contributed by atoms with E-state index in [1.54, 1.807) is 35.0 Å². The van der Waals surface area contributed by atoms with Crippen LogP contribution in [-0.4, -0.2) is 34.1 Å². The third-order valence-electron chi connectivity index (χ3n) is 6.14. The molecular weight excluding hydrogens is 479 g/mol. The zero-order valence-electron chi connectivity index (χ0n) is 20.4. The van der Waals surface area contributed by atoms with Crippen molar-refractivity contribution < 1.29 is 14.3 Å². The normalized spacial score (nSPS) is 12.3.